The first-order valence-electron chi connectivity index (χ1n) is 14.3. The summed E-state index contributed by atoms with van der Waals surface area (Å²) in [6.07, 6.45) is 17.9. The zero-order valence-corrected chi connectivity index (χ0v) is 23.9. The van der Waals surface area contributed by atoms with Gasteiger partial charge in [0.25, 0.3) is 0 Å². The highest BCUT2D eigenvalue weighted by atomic mass is 31.2. The third kappa shape index (κ3) is 19.8. The highest BCUT2D eigenvalue weighted by Crippen LogP contribution is 2.48. The maximum Gasteiger partial charge on any atom is 0.356 e. The number of carbonyl (C=O) groups is 1. The molecule has 0 N–H and O–H groups in total. The van der Waals surface area contributed by atoms with Crippen LogP contribution in [0.4, 0.5) is 0 Å². The van der Waals surface area contributed by atoms with Crippen LogP contribution < -0.4 is 0 Å². The van der Waals surface area contributed by atoms with Gasteiger partial charge in [-0.2, -0.15) is 0 Å². The van der Waals surface area contributed by atoms with Crippen molar-refractivity contribution >= 4 is 13.5 Å². The van der Waals surface area contributed by atoms with Gasteiger partial charge in [0, 0.05) is 13.1 Å². The van der Waals surface area contributed by atoms with Crippen LogP contribution in [0, 0.1) is 0 Å². The fraction of sp³-hybridized carbons (Fsp3) is 0.963. The Balaban J connectivity index is 4.61. The third-order valence-electron chi connectivity index (χ3n) is 5.96. The third-order valence-corrected chi connectivity index (χ3v) is 7.61. The van der Waals surface area contributed by atoms with Crippen LogP contribution in [0.15, 0.2) is 0 Å². The predicted octanol–water partition coefficient (Wildman–Crippen LogP) is 8.34. The van der Waals surface area contributed by atoms with E-state index >= 15 is 0 Å². The maximum absolute atomic E-state index is 13.0. The van der Waals surface area contributed by atoms with Crippen molar-refractivity contribution in [3.8, 4) is 0 Å². The molecule has 0 aromatic carbocycles. The summed E-state index contributed by atoms with van der Waals surface area (Å²) in [5.74, 6) is -0.0178. The fourth-order valence-corrected chi connectivity index (χ4v) is 5.02. The van der Waals surface area contributed by atoms with E-state index in [1.807, 2.05) is 4.90 Å². The van der Waals surface area contributed by atoms with Crippen LogP contribution in [-0.4, -0.2) is 50.1 Å². The number of nitrogens with zero attached hydrogens (tertiary/aromatic N) is 1. The van der Waals surface area contributed by atoms with E-state index in [4.69, 9.17) is 13.8 Å². The molecule has 0 aromatic heterocycles. The monoisotopic (exact) mass is 505 g/mol. The summed E-state index contributed by atoms with van der Waals surface area (Å²) in [5.41, 5.74) is 0. The SMILES string of the molecule is CCCCCCCCN(CCCCCCCC)C(=O)COCP(=O)(OCCCC)OCCCC. The van der Waals surface area contributed by atoms with Crippen LogP contribution in [0.3, 0.4) is 0 Å². The lowest BCUT2D eigenvalue weighted by Gasteiger charge is -2.24. The summed E-state index contributed by atoms with van der Waals surface area (Å²) in [6.45, 7) is 10.8. The lowest BCUT2D eigenvalue weighted by Crippen LogP contribution is -2.36. The standard InChI is InChI=1S/C27H56NO5P/c1-5-9-13-15-17-19-21-28(22-20-18-16-14-10-6-2)27(29)25-31-26-34(30,32-23-11-7-3)33-24-12-8-4/h5-26H2,1-4H3. The first kappa shape index (κ1) is 33.6. The van der Waals surface area contributed by atoms with Gasteiger partial charge in [0.2, 0.25) is 5.91 Å². The average Bonchev–Trinajstić information content (AvgIpc) is 2.82. The number of amides is 1. The summed E-state index contributed by atoms with van der Waals surface area (Å²) in [5, 5.41) is 0. The zero-order valence-electron chi connectivity index (χ0n) is 23.0. The molecule has 7 heteroatoms. The van der Waals surface area contributed by atoms with Crippen molar-refractivity contribution in [2.75, 3.05) is 39.3 Å². The Labute approximate surface area is 211 Å². The molecule has 204 valence electrons. The van der Waals surface area contributed by atoms with Gasteiger partial charge in [-0.1, -0.05) is 105 Å². The van der Waals surface area contributed by atoms with Crippen LogP contribution in [0.25, 0.3) is 0 Å². The summed E-state index contributed by atoms with van der Waals surface area (Å²) >= 11 is 0. The van der Waals surface area contributed by atoms with E-state index in [-0.39, 0.29) is 18.9 Å². The molecule has 0 aromatic rings. The van der Waals surface area contributed by atoms with Crippen LogP contribution in [-0.2, 0) is 23.1 Å². The van der Waals surface area contributed by atoms with Crippen LogP contribution in [0.1, 0.15) is 130 Å². The van der Waals surface area contributed by atoms with Crippen molar-refractivity contribution in [3.05, 3.63) is 0 Å². The topological polar surface area (TPSA) is 65.1 Å². The van der Waals surface area contributed by atoms with E-state index in [0.717, 1.165) is 64.5 Å². The molecule has 0 bridgehead atoms. The number of unbranched alkanes of at least 4 members (excludes halogenated alkanes) is 12. The largest absolute Gasteiger partial charge is 0.359 e. The van der Waals surface area contributed by atoms with E-state index < -0.39 is 7.60 Å². The van der Waals surface area contributed by atoms with Gasteiger partial charge in [0.15, 0.2) is 0 Å². The molecule has 0 saturated heterocycles. The number of hydrogen-bond acceptors (Lipinski definition) is 5. The second-order valence-electron chi connectivity index (χ2n) is 9.38. The van der Waals surface area contributed by atoms with E-state index in [1.54, 1.807) is 0 Å². The lowest BCUT2D eigenvalue weighted by molar-refractivity contribution is -0.135. The van der Waals surface area contributed by atoms with Gasteiger partial charge in [0.1, 0.15) is 13.0 Å². The molecule has 0 aliphatic heterocycles. The van der Waals surface area contributed by atoms with Crippen molar-refractivity contribution in [1.82, 2.24) is 4.90 Å². The Bertz CT molecular complexity index is 473. The quantitative estimate of drug-likeness (QED) is 0.0873. The molecule has 0 heterocycles. The molecule has 0 radical (unpaired) electrons. The Morgan fingerprint density at radius 3 is 1.47 bits per heavy atom. The van der Waals surface area contributed by atoms with Gasteiger partial charge in [-0.25, -0.2) is 0 Å². The van der Waals surface area contributed by atoms with Crippen molar-refractivity contribution in [1.29, 1.82) is 0 Å². The fourth-order valence-electron chi connectivity index (χ4n) is 3.67. The van der Waals surface area contributed by atoms with Crippen molar-refractivity contribution in [3.63, 3.8) is 0 Å². The summed E-state index contributed by atoms with van der Waals surface area (Å²) < 4.78 is 29.8. The molecule has 1 amide bonds. The Morgan fingerprint density at radius 2 is 1.03 bits per heavy atom. The second-order valence-corrected chi connectivity index (χ2v) is 11.4. The van der Waals surface area contributed by atoms with Crippen LogP contribution in [0.2, 0.25) is 0 Å². The lowest BCUT2D eigenvalue weighted by atomic mass is 10.1. The minimum absolute atomic E-state index is 0.0178. The minimum Gasteiger partial charge on any atom is -0.359 e. The molecule has 0 aliphatic carbocycles. The normalized spacial score (nSPS) is 11.8. The minimum atomic E-state index is -3.33. The van der Waals surface area contributed by atoms with E-state index in [1.165, 1.54) is 51.4 Å². The highest BCUT2D eigenvalue weighted by Gasteiger charge is 2.26. The molecule has 0 spiro atoms. The van der Waals surface area contributed by atoms with Crippen molar-refractivity contribution in [2.45, 2.75) is 130 Å². The summed E-state index contributed by atoms with van der Waals surface area (Å²) in [6, 6.07) is 0. The molecular weight excluding hydrogens is 449 g/mol. The van der Waals surface area contributed by atoms with Gasteiger partial charge in [-0.15, -0.1) is 0 Å². The van der Waals surface area contributed by atoms with Crippen LogP contribution >= 0.6 is 7.60 Å². The molecule has 0 aliphatic rings. The van der Waals surface area contributed by atoms with Gasteiger partial charge in [-0.05, 0) is 25.7 Å². The number of carbonyl (C=O) groups excluding carboxylic acids is 1. The molecule has 0 rings (SSSR count). The Morgan fingerprint density at radius 1 is 0.618 bits per heavy atom. The van der Waals surface area contributed by atoms with Gasteiger partial charge in [0.05, 0.1) is 13.2 Å². The molecule has 34 heavy (non-hydrogen) atoms. The first-order chi connectivity index (χ1) is 16.5. The molecule has 6 nitrogen and oxygen atoms in total. The van der Waals surface area contributed by atoms with Gasteiger partial charge < -0.3 is 18.7 Å². The smallest absolute Gasteiger partial charge is 0.356 e. The molecule has 0 atom stereocenters. The number of ether oxygens (including phenoxy) is 1. The van der Waals surface area contributed by atoms with Crippen LogP contribution in [0.5, 0.6) is 0 Å². The van der Waals surface area contributed by atoms with Gasteiger partial charge in [-0.3, -0.25) is 9.36 Å². The van der Waals surface area contributed by atoms with E-state index in [0.29, 0.717) is 13.2 Å². The molecule has 0 saturated carbocycles. The average molecular weight is 506 g/mol. The number of rotatable bonds is 26. The Kier molecular flexibility index (Phi) is 24.0. The summed E-state index contributed by atoms with van der Waals surface area (Å²) in [7, 11) is -3.33. The molecule has 0 unspecified atom stereocenters. The number of hydrogen-bond donors (Lipinski definition) is 0. The van der Waals surface area contributed by atoms with E-state index in [9.17, 15) is 9.36 Å². The maximum atomic E-state index is 13.0. The molecule has 0 fully saturated rings. The predicted molar refractivity (Wildman–Crippen MR) is 143 cm³/mol. The summed E-state index contributed by atoms with van der Waals surface area (Å²) in [4.78, 5) is 14.9. The second kappa shape index (κ2) is 24.3. The molecular formula is C27H56NO5P. The first-order valence-corrected chi connectivity index (χ1v) is 16.0. The Hall–Kier alpha value is -0.420. The van der Waals surface area contributed by atoms with Crippen molar-refractivity contribution in [2.24, 2.45) is 0 Å². The van der Waals surface area contributed by atoms with Gasteiger partial charge >= 0.3 is 7.60 Å². The highest BCUT2D eigenvalue weighted by molar-refractivity contribution is 7.53. The van der Waals surface area contributed by atoms with E-state index in [2.05, 4.69) is 27.7 Å². The zero-order chi connectivity index (χ0) is 25.3. The van der Waals surface area contributed by atoms with Crippen molar-refractivity contribution < 1.29 is 23.1 Å².